The summed E-state index contributed by atoms with van der Waals surface area (Å²) >= 11 is 0. The highest BCUT2D eigenvalue weighted by atomic mass is 19.3. The molecule has 0 spiro atoms. The largest absolute Gasteiger partial charge is 0.484 e. The number of aliphatic hydroxyl groups is 1. The number of nitrogens with one attached hydrogen (secondary N) is 1. The Morgan fingerprint density at radius 1 is 1.27 bits per heavy atom. The van der Waals surface area contributed by atoms with Crippen molar-refractivity contribution in [2.45, 2.75) is 45.3 Å². The molecule has 0 bridgehead atoms. The molecule has 3 aromatic rings. The normalized spacial score (nSPS) is 16.3. The van der Waals surface area contributed by atoms with E-state index in [1.54, 1.807) is 13.8 Å². The number of anilines is 2. The van der Waals surface area contributed by atoms with Gasteiger partial charge in [-0.1, -0.05) is 12.1 Å². The van der Waals surface area contributed by atoms with Gasteiger partial charge in [-0.15, -0.1) is 0 Å². The van der Waals surface area contributed by atoms with Crippen LogP contribution in [0, 0.1) is 12.7 Å². The average Bonchev–Trinajstić information content (AvgIpc) is 2.71. The number of ether oxygens (including phenoxy) is 1. The number of aromatic nitrogens is 2. The van der Waals surface area contributed by atoms with Crippen LogP contribution in [-0.4, -0.2) is 40.9 Å². The Bertz CT molecular complexity index is 1220. The number of rotatable bonds is 5. The van der Waals surface area contributed by atoms with Crippen LogP contribution >= 0.6 is 0 Å². The second-order valence-corrected chi connectivity index (χ2v) is 9.11. The van der Waals surface area contributed by atoms with Crippen LogP contribution in [0.5, 0.6) is 5.75 Å². The molecule has 4 rings (SSSR count). The molecule has 0 saturated carbocycles. The standard InChI is InChI=1S/C24H27F3N4O2/c1-13(15-7-6-8-17(21(15)25)24(26,27)12-32)28-22-16-9-19-20(10-18(16)29-14(2)30-22)33-23(3,4)11-31(19)5/h6-10,13,32H,11-12H2,1-5H3,(H,28,29,30)/t13-/m1/s1. The van der Waals surface area contributed by atoms with Gasteiger partial charge in [0, 0.05) is 24.1 Å². The van der Waals surface area contributed by atoms with Crippen molar-refractivity contribution in [3.8, 4) is 5.75 Å². The molecule has 0 amide bonds. The molecular weight excluding hydrogens is 433 g/mol. The lowest BCUT2D eigenvalue weighted by Gasteiger charge is -2.39. The number of halogens is 3. The first-order valence-corrected chi connectivity index (χ1v) is 10.7. The Hall–Kier alpha value is -3.07. The zero-order valence-corrected chi connectivity index (χ0v) is 19.2. The number of hydrogen-bond acceptors (Lipinski definition) is 6. The van der Waals surface area contributed by atoms with Crippen molar-refractivity contribution in [1.29, 1.82) is 0 Å². The van der Waals surface area contributed by atoms with Crippen LogP contribution in [0.4, 0.5) is 24.7 Å². The van der Waals surface area contributed by atoms with Crippen LogP contribution in [0.1, 0.15) is 43.8 Å². The Labute approximate surface area is 190 Å². The summed E-state index contributed by atoms with van der Waals surface area (Å²) in [6.07, 6.45) is 0. The van der Waals surface area contributed by atoms with Crippen molar-refractivity contribution in [3.63, 3.8) is 0 Å². The van der Waals surface area contributed by atoms with Gasteiger partial charge in [-0.3, -0.25) is 0 Å². The predicted octanol–water partition coefficient (Wildman–Crippen LogP) is 4.94. The maximum atomic E-state index is 15.0. The minimum atomic E-state index is -3.67. The predicted molar refractivity (Wildman–Crippen MR) is 122 cm³/mol. The maximum absolute atomic E-state index is 15.0. The van der Waals surface area contributed by atoms with E-state index >= 15 is 0 Å². The Morgan fingerprint density at radius 2 is 2.00 bits per heavy atom. The number of benzene rings is 2. The summed E-state index contributed by atoms with van der Waals surface area (Å²) in [4.78, 5) is 11.1. The van der Waals surface area contributed by atoms with E-state index in [-0.39, 0.29) is 11.2 Å². The van der Waals surface area contributed by atoms with Crippen molar-refractivity contribution in [3.05, 3.63) is 53.1 Å². The summed E-state index contributed by atoms with van der Waals surface area (Å²) in [5, 5.41) is 12.8. The lowest BCUT2D eigenvalue weighted by atomic mass is 10.00. The molecule has 0 radical (unpaired) electrons. The van der Waals surface area contributed by atoms with E-state index < -0.39 is 30.0 Å². The number of hydrogen-bond donors (Lipinski definition) is 2. The number of aryl methyl sites for hydroxylation is 1. The fourth-order valence-electron chi connectivity index (χ4n) is 4.27. The molecule has 0 unspecified atom stereocenters. The molecule has 1 aliphatic heterocycles. The Morgan fingerprint density at radius 3 is 2.70 bits per heavy atom. The van der Waals surface area contributed by atoms with Crippen LogP contribution in [0.15, 0.2) is 30.3 Å². The maximum Gasteiger partial charge on any atom is 0.298 e. The SMILES string of the molecule is Cc1nc(N[C@H](C)c2cccc(C(F)(F)CO)c2F)c2cc3c(cc2n1)OC(C)(C)CN3C. The molecule has 0 fully saturated rings. The highest BCUT2D eigenvalue weighted by molar-refractivity contribution is 5.94. The van der Waals surface area contributed by atoms with Gasteiger partial charge in [0.2, 0.25) is 0 Å². The van der Waals surface area contributed by atoms with E-state index in [9.17, 15) is 13.2 Å². The van der Waals surface area contributed by atoms with Gasteiger partial charge in [-0.05, 0) is 39.8 Å². The molecule has 2 N–H and O–H groups in total. The van der Waals surface area contributed by atoms with Crippen molar-refractivity contribution < 1.29 is 23.0 Å². The zero-order chi connectivity index (χ0) is 24.1. The third-order valence-electron chi connectivity index (χ3n) is 5.74. The van der Waals surface area contributed by atoms with Gasteiger partial charge in [0.05, 0.1) is 29.4 Å². The van der Waals surface area contributed by atoms with Crippen LogP contribution in [-0.2, 0) is 5.92 Å². The molecule has 1 atom stereocenters. The van der Waals surface area contributed by atoms with E-state index in [1.165, 1.54) is 12.1 Å². The minimum absolute atomic E-state index is 0.0465. The Balaban J connectivity index is 1.76. The van der Waals surface area contributed by atoms with E-state index in [0.717, 1.165) is 11.8 Å². The molecule has 6 nitrogen and oxygen atoms in total. The number of alkyl halides is 2. The molecule has 2 aromatic carbocycles. The summed E-state index contributed by atoms with van der Waals surface area (Å²) in [5.41, 5.74) is 0.385. The molecule has 9 heteroatoms. The van der Waals surface area contributed by atoms with Crippen LogP contribution in [0.3, 0.4) is 0 Å². The number of fused-ring (bicyclic) bond motifs is 2. The van der Waals surface area contributed by atoms with E-state index in [0.29, 0.717) is 34.8 Å². The average molecular weight is 461 g/mol. The van der Waals surface area contributed by atoms with Gasteiger partial charge in [-0.2, -0.15) is 8.78 Å². The van der Waals surface area contributed by atoms with Crippen molar-refractivity contribution in [2.75, 3.05) is 30.4 Å². The monoisotopic (exact) mass is 460 g/mol. The molecule has 1 aromatic heterocycles. The van der Waals surface area contributed by atoms with Gasteiger partial charge in [0.1, 0.15) is 35.4 Å². The van der Waals surface area contributed by atoms with E-state index in [4.69, 9.17) is 9.84 Å². The summed E-state index contributed by atoms with van der Waals surface area (Å²) in [5.74, 6) is -3.05. The third kappa shape index (κ3) is 4.29. The van der Waals surface area contributed by atoms with Gasteiger partial charge >= 0.3 is 0 Å². The number of likely N-dealkylation sites (N-methyl/N-ethyl adjacent to an activating group) is 1. The molecule has 2 heterocycles. The molecule has 176 valence electrons. The third-order valence-corrected chi connectivity index (χ3v) is 5.74. The minimum Gasteiger partial charge on any atom is -0.484 e. The van der Waals surface area contributed by atoms with Gasteiger partial charge in [0.25, 0.3) is 5.92 Å². The topological polar surface area (TPSA) is 70.5 Å². The summed E-state index contributed by atoms with van der Waals surface area (Å²) < 4.78 is 49.1. The van der Waals surface area contributed by atoms with E-state index in [2.05, 4.69) is 20.2 Å². The summed E-state index contributed by atoms with van der Waals surface area (Å²) in [6, 6.07) is 6.86. The van der Waals surface area contributed by atoms with Gasteiger partial charge in [0.15, 0.2) is 0 Å². The van der Waals surface area contributed by atoms with Crippen molar-refractivity contribution in [2.24, 2.45) is 0 Å². The summed E-state index contributed by atoms with van der Waals surface area (Å²) in [6.45, 7) is 6.66. The molecule has 0 saturated heterocycles. The van der Waals surface area contributed by atoms with Crippen molar-refractivity contribution >= 4 is 22.4 Å². The second-order valence-electron chi connectivity index (χ2n) is 9.11. The first-order chi connectivity index (χ1) is 15.4. The van der Waals surface area contributed by atoms with E-state index in [1.807, 2.05) is 33.0 Å². The van der Waals surface area contributed by atoms with Crippen molar-refractivity contribution in [1.82, 2.24) is 9.97 Å². The van der Waals surface area contributed by atoms with Gasteiger partial charge < -0.3 is 20.1 Å². The lowest BCUT2D eigenvalue weighted by molar-refractivity contribution is -0.0583. The number of nitrogens with zero attached hydrogens (tertiary/aromatic N) is 3. The second kappa shape index (κ2) is 8.06. The van der Waals surface area contributed by atoms with Gasteiger partial charge in [-0.25, -0.2) is 14.4 Å². The molecule has 1 aliphatic rings. The highest BCUT2D eigenvalue weighted by Crippen LogP contribution is 2.41. The molecular formula is C24H27F3N4O2. The molecule has 0 aliphatic carbocycles. The first kappa shape index (κ1) is 23.1. The zero-order valence-electron chi connectivity index (χ0n) is 19.2. The lowest BCUT2D eigenvalue weighted by Crippen LogP contribution is -2.45. The number of aliphatic hydroxyl groups excluding tert-OH is 1. The quantitative estimate of drug-likeness (QED) is 0.562. The fourth-order valence-corrected chi connectivity index (χ4v) is 4.27. The first-order valence-electron chi connectivity index (χ1n) is 10.7. The fraction of sp³-hybridized carbons (Fsp3) is 0.417. The highest BCUT2D eigenvalue weighted by Gasteiger charge is 2.35. The molecule has 33 heavy (non-hydrogen) atoms. The Kier molecular flexibility index (Phi) is 5.64. The smallest absolute Gasteiger partial charge is 0.298 e. The summed E-state index contributed by atoms with van der Waals surface area (Å²) in [7, 11) is 1.97. The van der Waals surface area contributed by atoms with Crippen LogP contribution in [0.25, 0.3) is 10.9 Å². The van der Waals surface area contributed by atoms with Crippen LogP contribution < -0.4 is 15.0 Å². The van der Waals surface area contributed by atoms with Crippen LogP contribution in [0.2, 0.25) is 0 Å².